The lowest BCUT2D eigenvalue weighted by molar-refractivity contribution is 0.620. The number of halogens is 1. The molecule has 0 radical (unpaired) electrons. The van der Waals surface area contributed by atoms with Crippen molar-refractivity contribution < 1.29 is 4.39 Å². The SMILES string of the molecule is CCCCCCCc1ccc(C#Cc2ccc(C#Cc3ccc(CCCC)cc3F)cc2)cc1. The van der Waals surface area contributed by atoms with Crippen LogP contribution in [0.5, 0.6) is 0 Å². The second kappa shape index (κ2) is 14.1. The molecule has 0 aliphatic carbocycles. The molecule has 0 heterocycles. The van der Waals surface area contributed by atoms with E-state index < -0.39 is 0 Å². The second-order valence-electron chi connectivity index (χ2n) is 8.86. The van der Waals surface area contributed by atoms with E-state index in [0.717, 1.165) is 47.9 Å². The highest BCUT2D eigenvalue weighted by atomic mass is 19.1. The van der Waals surface area contributed by atoms with Crippen LogP contribution >= 0.6 is 0 Å². The Morgan fingerprint density at radius 1 is 0.529 bits per heavy atom. The summed E-state index contributed by atoms with van der Waals surface area (Å²) in [5, 5.41) is 0. The summed E-state index contributed by atoms with van der Waals surface area (Å²) in [6.07, 6.45) is 10.8. The Morgan fingerprint density at radius 2 is 1.03 bits per heavy atom. The van der Waals surface area contributed by atoms with Crippen molar-refractivity contribution in [2.45, 2.75) is 71.6 Å². The number of benzene rings is 3. The van der Waals surface area contributed by atoms with Gasteiger partial charge in [-0.3, -0.25) is 0 Å². The Bertz CT molecular complexity index is 1150. The van der Waals surface area contributed by atoms with Gasteiger partial charge in [-0.1, -0.05) is 87.8 Å². The van der Waals surface area contributed by atoms with E-state index in [0.29, 0.717) is 5.56 Å². The topological polar surface area (TPSA) is 0 Å². The maximum Gasteiger partial charge on any atom is 0.139 e. The zero-order valence-corrected chi connectivity index (χ0v) is 20.6. The molecule has 0 saturated heterocycles. The van der Waals surface area contributed by atoms with Crippen LogP contribution in [0, 0.1) is 29.5 Å². The molecule has 0 fully saturated rings. The fourth-order valence-electron chi connectivity index (χ4n) is 3.80. The van der Waals surface area contributed by atoms with Gasteiger partial charge in [0.1, 0.15) is 5.82 Å². The molecule has 3 aromatic rings. The first-order chi connectivity index (χ1) is 16.7. The van der Waals surface area contributed by atoms with Gasteiger partial charge >= 0.3 is 0 Å². The van der Waals surface area contributed by atoms with E-state index in [2.05, 4.69) is 61.8 Å². The molecule has 3 aromatic carbocycles. The Labute approximate surface area is 205 Å². The van der Waals surface area contributed by atoms with Gasteiger partial charge in [0.2, 0.25) is 0 Å². The molecule has 34 heavy (non-hydrogen) atoms. The predicted molar refractivity (Wildman–Crippen MR) is 142 cm³/mol. The van der Waals surface area contributed by atoms with Gasteiger partial charge in [-0.2, -0.15) is 0 Å². The van der Waals surface area contributed by atoms with Crippen LogP contribution in [0.3, 0.4) is 0 Å². The highest BCUT2D eigenvalue weighted by molar-refractivity contribution is 5.48. The summed E-state index contributed by atoms with van der Waals surface area (Å²) >= 11 is 0. The minimum Gasteiger partial charge on any atom is -0.206 e. The molecule has 0 saturated carbocycles. The molecule has 0 spiro atoms. The maximum atomic E-state index is 14.3. The minimum absolute atomic E-state index is 0.244. The van der Waals surface area contributed by atoms with Crippen LogP contribution < -0.4 is 0 Å². The molecule has 0 bridgehead atoms. The van der Waals surface area contributed by atoms with Crippen molar-refractivity contribution in [3.63, 3.8) is 0 Å². The van der Waals surface area contributed by atoms with Gasteiger partial charge in [0.25, 0.3) is 0 Å². The molecule has 0 unspecified atom stereocenters. The molecule has 0 atom stereocenters. The Hall–Kier alpha value is -3.29. The first-order valence-electron chi connectivity index (χ1n) is 12.7. The highest BCUT2D eigenvalue weighted by Crippen LogP contribution is 2.13. The molecule has 0 N–H and O–H groups in total. The first-order valence-corrected chi connectivity index (χ1v) is 12.7. The summed E-state index contributed by atoms with van der Waals surface area (Å²) in [6, 6.07) is 21.8. The molecular weight excluding hydrogens is 415 g/mol. The lowest BCUT2D eigenvalue weighted by Crippen LogP contribution is -1.90. The van der Waals surface area contributed by atoms with E-state index in [-0.39, 0.29) is 5.82 Å². The number of aryl methyl sites for hydroxylation is 2. The fourth-order valence-corrected chi connectivity index (χ4v) is 3.80. The van der Waals surface area contributed by atoms with Crippen LogP contribution in [0.1, 0.15) is 92.2 Å². The van der Waals surface area contributed by atoms with Crippen molar-refractivity contribution in [1.29, 1.82) is 0 Å². The number of unbranched alkanes of at least 4 members (excludes halogenated alkanes) is 5. The highest BCUT2D eigenvalue weighted by Gasteiger charge is 2.01. The third-order valence-electron chi connectivity index (χ3n) is 5.95. The molecule has 1 heteroatoms. The molecule has 0 aromatic heterocycles. The van der Waals surface area contributed by atoms with Gasteiger partial charge in [0.05, 0.1) is 5.56 Å². The van der Waals surface area contributed by atoms with Crippen LogP contribution in [0.15, 0.2) is 66.7 Å². The zero-order valence-electron chi connectivity index (χ0n) is 20.6. The van der Waals surface area contributed by atoms with E-state index in [1.54, 1.807) is 12.1 Å². The van der Waals surface area contributed by atoms with E-state index in [1.807, 2.05) is 30.3 Å². The average molecular weight is 451 g/mol. The van der Waals surface area contributed by atoms with E-state index in [4.69, 9.17) is 0 Å². The normalized spacial score (nSPS) is 10.2. The van der Waals surface area contributed by atoms with Crippen molar-refractivity contribution in [1.82, 2.24) is 0 Å². The largest absolute Gasteiger partial charge is 0.206 e. The Kier molecular flexibility index (Phi) is 10.5. The van der Waals surface area contributed by atoms with Crippen LogP contribution in [0.4, 0.5) is 4.39 Å². The Balaban J connectivity index is 1.55. The van der Waals surface area contributed by atoms with Crippen LogP contribution in [0.2, 0.25) is 0 Å². The lowest BCUT2D eigenvalue weighted by Gasteiger charge is -2.02. The molecule has 174 valence electrons. The van der Waals surface area contributed by atoms with Crippen molar-refractivity contribution in [2.75, 3.05) is 0 Å². The second-order valence-corrected chi connectivity index (χ2v) is 8.86. The first kappa shape index (κ1) is 25.3. The molecule has 0 amide bonds. The third-order valence-corrected chi connectivity index (χ3v) is 5.95. The van der Waals surface area contributed by atoms with Gasteiger partial charge in [-0.15, -0.1) is 0 Å². The van der Waals surface area contributed by atoms with Gasteiger partial charge in [-0.25, -0.2) is 4.39 Å². The van der Waals surface area contributed by atoms with E-state index in [1.165, 1.54) is 37.7 Å². The van der Waals surface area contributed by atoms with Crippen molar-refractivity contribution in [3.05, 3.63) is 106 Å². The average Bonchev–Trinajstić information content (AvgIpc) is 2.87. The molecule has 0 nitrogen and oxygen atoms in total. The standard InChI is InChI=1S/C33H35F/c1-3-5-7-8-9-11-27-12-14-28(15-13-27)16-17-29-18-20-30(21-19-29)22-24-32-25-23-31(10-6-4-2)26-33(32)34/h12-15,18-21,23,25-26H,3-11H2,1-2H3. The smallest absolute Gasteiger partial charge is 0.139 e. The summed E-state index contributed by atoms with van der Waals surface area (Å²) < 4.78 is 14.3. The van der Waals surface area contributed by atoms with Gasteiger partial charge < -0.3 is 0 Å². The Morgan fingerprint density at radius 3 is 1.62 bits per heavy atom. The van der Waals surface area contributed by atoms with E-state index in [9.17, 15) is 4.39 Å². The van der Waals surface area contributed by atoms with Crippen molar-refractivity contribution in [2.24, 2.45) is 0 Å². The fraction of sp³-hybridized carbons (Fsp3) is 0.333. The monoisotopic (exact) mass is 450 g/mol. The predicted octanol–water partition coefficient (Wildman–Crippen LogP) is 8.48. The molecular formula is C33H35F. The van der Waals surface area contributed by atoms with Crippen LogP contribution in [-0.2, 0) is 12.8 Å². The van der Waals surface area contributed by atoms with E-state index >= 15 is 0 Å². The summed E-state index contributed by atoms with van der Waals surface area (Å²) in [6.45, 7) is 4.39. The summed E-state index contributed by atoms with van der Waals surface area (Å²) in [5.41, 5.74) is 5.67. The maximum absolute atomic E-state index is 14.3. The number of rotatable bonds is 9. The van der Waals surface area contributed by atoms with Crippen molar-refractivity contribution in [3.8, 4) is 23.7 Å². The van der Waals surface area contributed by atoms with Gasteiger partial charge in [0, 0.05) is 16.7 Å². The number of hydrogen-bond acceptors (Lipinski definition) is 0. The minimum atomic E-state index is -0.244. The van der Waals surface area contributed by atoms with Crippen LogP contribution in [0.25, 0.3) is 0 Å². The van der Waals surface area contributed by atoms with Crippen molar-refractivity contribution >= 4 is 0 Å². The third kappa shape index (κ3) is 8.57. The zero-order chi connectivity index (χ0) is 24.0. The number of hydrogen-bond donors (Lipinski definition) is 0. The van der Waals surface area contributed by atoms with Crippen LogP contribution in [-0.4, -0.2) is 0 Å². The quantitative estimate of drug-likeness (QED) is 0.226. The molecule has 0 aliphatic heterocycles. The lowest BCUT2D eigenvalue weighted by atomic mass is 10.0. The summed E-state index contributed by atoms with van der Waals surface area (Å²) in [4.78, 5) is 0. The molecule has 3 rings (SSSR count). The molecule has 0 aliphatic rings. The summed E-state index contributed by atoms with van der Waals surface area (Å²) in [5.74, 6) is 12.2. The van der Waals surface area contributed by atoms with Gasteiger partial charge in [0.15, 0.2) is 0 Å². The van der Waals surface area contributed by atoms with Gasteiger partial charge in [-0.05, 0) is 85.3 Å². The summed E-state index contributed by atoms with van der Waals surface area (Å²) in [7, 11) is 0.